The van der Waals surface area contributed by atoms with E-state index in [1.807, 2.05) is 13.8 Å². The molecule has 0 aliphatic rings. The van der Waals surface area contributed by atoms with Gasteiger partial charge in [0.15, 0.2) is 0 Å². The molecule has 1 nitrogen and oxygen atoms in total. The van der Waals surface area contributed by atoms with Gasteiger partial charge in [-0.15, -0.1) is 0 Å². The molecule has 39 heavy (non-hydrogen) atoms. The molecule has 1 heteroatoms. The Hall–Kier alpha value is -4.62. The number of nitrogens with zero attached hydrogens (tertiary/aromatic N) is 1. The van der Waals surface area contributed by atoms with E-state index in [2.05, 4.69) is 170 Å². The molecule has 0 fully saturated rings. The Kier molecular flexibility index (Phi) is 9.69. The van der Waals surface area contributed by atoms with Crippen LogP contribution in [0, 0.1) is 0 Å². The molecule has 0 bridgehead atoms. The first-order valence-corrected chi connectivity index (χ1v) is 13.8. The van der Waals surface area contributed by atoms with Gasteiger partial charge in [0.05, 0.1) is 0 Å². The smallest absolute Gasteiger partial charge is 0.0462 e. The van der Waals surface area contributed by atoms with Gasteiger partial charge in [-0.3, -0.25) is 0 Å². The molecular weight excluding hydrogens is 470 g/mol. The lowest BCUT2D eigenvalue weighted by atomic mass is 10.0. The predicted octanol–water partition coefficient (Wildman–Crippen LogP) is 11.5. The largest absolute Gasteiger partial charge is 0.311 e. The monoisotopic (exact) mass is 507 g/mol. The molecule has 0 aliphatic carbocycles. The number of hydrogen-bond donors (Lipinski definition) is 0. The van der Waals surface area contributed by atoms with E-state index in [1.165, 1.54) is 33.4 Å². The molecule has 0 N–H and O–H groups in total. The molecule has 194 valence electrons. The second-order valence-corrected chi connectivity index (χ2v) is 8.95. The Balaban J connectivity index is 0.00000172. The first kappa shape index (κ1) is 27.4. The summed E-state index contributed by atoms with van der Waals surface area (Å²) < 4.78 is 0. The standard InChI is InChI=1S/C36H31N.C2H6/c1-3-11-28(4-2)31-16-22-34(23-17-31)37(35-24-18-32(19-25-35)29-12-7-5-8-13-29)36-26-20-33(21-27-36)30-14-9-6-10-15-30;1-2/h3-27H,1-2H3;1-2H3/b11-3-,28-4+;. The molecule has 0 saturated carbocycles. The molecule has 0 aromatic heterocycles. The van der Waals surface area contributed by atoms with Gasteiger partial charge >= 0.3 is 0 Å². The van der Waals surface area contributed by atoms with Gasteiger partial charge in [-0.1, -0.05) is 129 Å². The lowest BCUT2D eigenvalue weighted by molar-refractivity contribution is 1.28. The molecule has 0 heterocycles. The van der Waals surface area contributed by atoms with Crippen LogP contribution < -0.4 is 4.90 Å². The third-order valence-corrected chi connectivity index (χ3v) is 6.58. The van der Waals surface area contributed by atoms with E-state index in [-0.39, 0.29) is 0 Å². The summed E-state index contributed by atoms with van der Waals surface area (Å²) in [7, 11) is 0. The Morgan fingerprint density at radius 3 is 1.18 bits per heavy atom. The van der Waals surface area contributed by atoms with Gasteiger partial charge in [0.1, 0.15) is 0 Å². The lowest BCUT2D eigenvalue weighted by Crippen LogP contribution is -2.09. The molecule has 5 aromatic carbocycles. The fourth-order valence-corrected chi connectivity index (χ4v) is 4.66. The van der Waals surface area contributed by atoms with E-state index in [0.29, 0.717) is 0 Å². The maximum atomic E-state index is 2.32. The van der Waals surface area contributed by atoms with Crippen molar-refractivity contribution in [3.05, 3.63) is 157 Å². The van der Waals surface area contributed by atoms with Gasteiger partial charge in [0.2, 0.25) is 0 Å². The summed E-state index contributed by atoms with van der Waals surface area (Å²) in [6.07, 6.45) is 6.38. The van der Waals surface area contributed by atoms with Crippen molar-refractivity contribution in [3.63, 3.8) is 0 Å². The van der Waals surface area contributed by atoms with Crippen LogP contribution in [-0.2, 0) is 0 Å². The Labute approximate surface area is 234 Å². The van der Waals surface area contributed by atoms with Crippen LogP contribution in [-0.4, -0.2) is 0 Å². The summed E-state index contributed by atoms with van der Waals surface area (Å²) in [6, 6.07) is 47.5. The molecule has 5 aromatic rings. The molecular formula is C38H37N. The highest BCUT2D eigenvalue weighted by Gasteiger charge is 2.13. The van der Waals surface area contributed by atoms with Crippen molar-refractivity contribution in [1.29, 1.82) is 0 Å². The van der Waals surface area contributed by atoms with Crippen LogP contribution in [0.15, 0.2) is 152 Å². The molecule has 0 aliphatic heterocycles. The van der Waals surface area contributed by atoms with E-state index in [1.54, 1.807) is 0 Å². The van der Waals surface area contributed by atoms with Crippen LogP contribution in [0.2, 0.25) is 0 Å². The van der Waals surface area contributed by atoms with Crippen LogP contribution in [0.25, 0.3) is 27.8 Å². The van der Waals surface area contributed by atoms with Crippen molar-refractivity contribution < 1.29 is 0 Å². The second-order valence-electron chi connectivity index (χ2n) is 8.95. The molecule has 0 atom stereocenters. The molecule has 0 amide bonds. The fourth-order valence-electron chi connectivity index (χ4n) is 4.66. The van der Waals surface area contributed by atoms with E-state index in [4.69, 9.17) is 0 Å². The highest BCUT2D eigenvalue weighted by Crippen LogP contribution is 2.37. The number of hydrogen-bond acceptors (Lipinski definition) is 1. The average Bonchev–Trinajstić information content (AvgIpc) is 3.03. The molecule has 0 spiro atoms. The van der Waals surface area contributed by atoms with Crippen molar-refractivity contribution in [2.75, 3.05) is 4.90 Å². The van der Waals surface area contributed by atoms with E-state index in [0.717, 1.165) is 17.1 Å². The molecule has 0 unspecified atom stereocenters. The van der Waals surface area contributed by atoms with Crippen LogP contribution >= 0.6 is 0 Å². The van der Waals surface area contributed by atoms with Gasteiger partial charge in [-0.25, -0.2) is 0 Å². The Morgan fingerprint density at radius 1 is 0.462 bits per heavy atom. The second kappa shape index (κ2) is 13.8. The molecule has 0 radical (unpaired) electrons. The summed E-state index contributed by atoms with van der Waals surface area (Å²) in [5, 5.41) is 0. The summed E-state index contributed by atoms with van der Waals surface area (Å²) in [4.78, 5) is 2.32. The average molecular weight is 508 g/mol. The van der Waals surface area contributed by atoms with Crippen molar-refractivity contribution in [1.82, 2.24) is 0 Å². The number of anilines is 3. The SMILES string of the molecule is C/C=C\C(=C/C)c1ccc(N(c2ccc(-c3ccccc3)cc2)c2ccc(-c3ccccc3)cc2)cc1.CC. The first-order chi connectivity index (χ1) is 19.3. The highest BCUT2D eigenvalue weighted by atomic mass is 15.1. The molecule has 5 rings (SSSR count). The Bertz CT molecular complexity index is 1390. The quantitative estimate of drug-likeness (QED) is 0.198. The van der Waals surface area contributed by atoms with Crippen LogP contribution in [0.5, 0.6) is 0 Å². The zero-order valence-electron chi connectivity index (χ0n) is 23.4. The number of benzene rings is 5. The number of rotatable bonds is 7. The zero-order valence-corrected chi connectivity index (χ0v) is 23.4. The summed E-state index contributed by atoms with van der Waals surface area (Å²) in [5.41, 5.74) is 10.7. The van der Waals surface area contributed by atoms with Gasteiger partial charge < -0.3 is 4.90 Å². The van der Waals surface area contributed by atoms with Crippen LogP contribution in [0.4, 0.5) is 17.1 Å². The normalized spacial score (nSPS) is 11.1. The molecule has 0 saturated heterocycles. The first-order valence-electron chi connectivity index (χ1n) is 13.8. The van der Waals surface area contributed by atoms with E-state index < -0.39 is 0 Å². The van der Waals surface area contributed by atoms with Gasteiger partial charge in [0.25, 0.3) is 0 Å². The fraction of sp³-hybridized carbons (Fsp3) is 0.105. The van der Waals surface area contributed by atoms with E-state index in [9.17, 15) is 0 Å². The maximum absolute atomic E-state index is 2.32. The van der Waals surface area contributed by atoms with Crippen molar-refractivity contribution in [3.8, 4) is 22.3 Å². The van der Waals surface area contributed by atoms with Crippen LogP contribution in [0.3, 0.4) is 0 Å². The minimum atomic E-state index is 1.12. The third kappa shape index (κ3) is 6.64. The summed E-state index contributed by atoms with van der Waals surface area (Å²) in [5.74, 6) is 0. The minimum absolute atomic E-state index is 1.12. The van der Waals surface area contributed by atoms with Crippen LogP contribution in [0.1, 0.15) is 33.3 Å². The maximum Gasteiger partial charge on any atom is 0.0462 e. The zero-order chi connectivity index (χ0) is 27.5. The van der Waals surface area contributed by atoms with Gasteiger partial charge in [0, 0.05) is 17.1 Å². The minimum Gasteiger partial charge on any atom is -0.311 e. The summed E-state index contributed by atoms with van der Waals surface area (Å²) >= 11 is 0. The number of allylic oxidation sites excluding steroid dienone is 4. The van der Waals surface area contributed by atoms with E-state index >= 15 is 0 Å². The highest BCUT2D eigenvalue weighted by molar-refractivity contribution is 5.81. The van der Waals surface area contributed by atoms with Crippen molar-refractivity contribution in [2.45, 2.75) is 27.7 Å². The third-order valence-electron chi connectivity index (χ3n) is 6.58. The van der Waals surface area contributed by atoms with Crippen molar-refractivity contribution in [2.24, 2.45) is 0 Å². The van der Waals surface area contributed by atoms with Gasteiger partial charge in [-0.2, -0.15) is 0 Å². The Morgan fingerprint density at radius 2 is 0.821 bits per heavy atom. The summed E-state index contributed by atoms with van der Waals surface area (Å²) in [6.45, 7) is 8.13. The lowest BCUT2D eigenvalue weighted by Gasteiger charge is -2.26. The topological polar surface area (TPSA) is 3.24 Å². The van der Waals surface area contributed by atoms with Crippen molar-refractivity contribution >= 4 is 22.6 Å². The van der Waals surface area contributed by atoms with Gasteiger partial charge in [-0.05, 0) is 83.6 Å². The predicted molar refractivity (Wildman–Crippen MR) is 172 cm³/mol.